The zero-order valence-corrected chi connectivity index (χ0v) is 16.5. The average Bonchev–Trinajstić information content (AvgIpc) is 2.80. The molecule has 0 nitrogen and oxygen atoms in total. The van der Waals surface area contributed by atoms with Gasteiger partial charge >= 0.3 is 0 Å². The molecule has 0 amide bonds. The molecule has 7 atom stereocenters. The van der Waals surface area contributed by atoms with Gasteiger partial charge in [0.25, 0.3) is 0 Å². The minimum Gasteiger partial charge on any atom is -0.0654 e. The summed E-state index contributed by atoms with van der Waals surface area (Å²) in [5.41, 5.74) is 2.88. The summed E-state index contributed by atoms with van der Waals surface area (Å²) in [5, 5.41) is 0. The summed E-state index contributed by atoms with van der Waals surface area (Å²) < 4.78 is 0. The second-order valence-electron chi connectivity index (χ2n) is 10.4. The van der Waals surface area contributed by atoms with Crippen molar-refractivity contribution in [1.29, 1.82) is 0 Å². The normalized spacial score (nSPS) is 57.0. The van der Waals surface area contributed by atoms with Crippen LogP contribution in [-0.4, -0.2) is 0 Å². The highest BCUT2D eigenvalue weighted by molar-refractivity contribution is 5.35. The van der Waals surface area contributed by atoms with E-state index in [1.807, 2.05) is 0 Å². The molecule has 1 spiro atoms. The van der Waals surface area contributed by atoms with Gasteiger partial charge in [0.1, 0.15) is 0 Å². The van der Waals surface area contributed by atoms with Crippen molar-refractivity contribution < 1.29 is 0 Å². The van der Waals surface area contributed by atoms with Gasteiger partial charge in [-0.3, -0.25) is 0 Å². The van der Waals surface area contributed by atoms with Crippen LogP contribution < -0.4 is 0 Å². The highest BCUT2D eigenvalue weighted by Crippen LogP contribution is 2.93. The van der Waals surface area contributed by atoms with Crippen LogP contribution in [0.25, 0.3) is 0 Å². The minimum absolute atomic E-state index is 0.665. The molecule has 0 N–H and O–H groups in total. The largest absolute Gasteiger partial charge is 0.0654 e. The minimum atomic E-state index is 0.665. The topological polar surface area (TPSA) is 0 Å². The van der Waals surface area contributed by atoms with Crippen LogP contribution in [0.4, 0.5) is 0 Å². The zero-order valence-electron chi connectivity index (χ0n) is 16.5. The number of fused-ring (bicyclic) bond motifs is 2. The third-order valence-electron chi connectivity index (χ3n) is 10.2. The Morgan fingerprint density at radius 1 is 0.783 bits per heavy atom. The number of rotatable bonds is 5. The van der Waals surface area contributed by atoms with Crippen LogP contribution in [0.2, 0.25) is 0 Å². The molecule has 4 saturated carbocycles. The fraction of sp³-hybridized carbons (Fsp3) is 1.00. The number of hydrogen-bond acceptors (Lipinski definition) is 0. The monoisotopic (exact) mass is 316 g/mol. The molecule has 0 bridgehead atoms. The van der Waals surface area contributed by atoms with E-state index >= 15 is 0 Å². The van der Waals surface area contributed by atoms with Crippen molar-refractivity contribution in [3.8, 4) is 0 Å². The number of hydrogen-bond donors (Lipinski definition) is 0. The molecule has 0 radical (unpaired) electrons. The van der Waals surface area contributed by atoms with Crippen molar-refractivity contribution in [1.82, 2.24) is 0 Å². The molecule has 0 aliphatic heterocycles. The van der Waals surface area contributed by atoms with Crippen LogP contribution >= 0.6 is 0 Å². The van der Waals surface area contributed by atoms with Gasteiger partial charge in [-0.05, 0) is 90.8 Å². The van der Waals surface area contributed by atoms with Crippen molar-refractivity contribution >= 4 is 0 Å². The first-order valence-electron chi connectivity index (χ1n) is 11.0. The van der Waals surface area contributed by atoms with E-state index in [1.54, 1.807) is 38.5 Å². The van der Waals surface area contributed by atoms with Crippen LogP contribution in [0.1, 0.15) is 105 Å². The van der Waals surface area contributed by atoms with Gasteiger partial charge in [0.2, 0.25) is 0 Å². The van der Waals surface area contributed by atoms with E-state index < -0.39 is 0 Å². The van der Waals surface area contributed by atoms with E-state index in [0.717, 1.165) is 28.6 Å². The lowest BCUT2D eigenvalue weighted by molar-refractivity contribution is 0.0323. The average molecular weight is 317 g/mol. The van der Waals surface area contributed by atoms with Crippen molar-refractivity contribution in [2.45, 2.75) is 105 Å². The van der Waals surface area contributed by atoms with Crippen LogP contribution in [0.3, 0.4) is 0 Å². The van der Waals surface area contributed by atoms with Crippen LogP contribution in [0.15, 0.2) is 0 Å². The summed E-state index contributed by atoms with van der Waals surface area (Å²) in [5.74, 6) is 3.21. The van der Waals surface area contributed by atoms with Gasteiger partial charge in [-0.1, -0.05) is 53.9 Å². The smallest absolute Gasteiger partial charge is 0.0148 e. The van der Waals surface area contributed by atoms with E-state index in [2.05, 4.69) is 34.6 Å². The predicted octanol–water partition coefficient (Wildman–Crippen LogP) is 7.23. The van der Waals surface area contributed by atoms with Gasteiger partial charge in [-0.25, -0.2) is 0 Å². The Balaban J connectivity index is 1.76. The van der Waals surface area contributed by atoms with Crippen molar-refractivity contribution in [3.63, 3.8) is 0 Å². The van der Waals surface area contributed by atoms with Crippen LogP contribution in [-0.2, 0) is 0 Å². The molecule has 0 heteroatoms. The standard InChI is InChI=1S/C23H40/c1-6-12-20(4)15-16-22-18-10-9-17(8-3)21(18,5)14-11-19(22)23(20,22)13-7-2/h17-19H,6-16H2,1-5H3. The third kappa shape index (κ3) is 1.61. The highest BCUT2D eigenvalue weighted by atomic mass is 14.9. The molecular weight excluding hydrogens is 276 g/mol. The first kappa shape index (κ1) is 16.5. The van der Waals surface area contributed by atoms with Gasteiger partial charge in [-0.2, -0.15) is 0 Å². The molecule has 0 saturated heterocycles. The van der Waals surface area contributed by atoms with E-state index in [0.29, 0.717) is 10.8 Å². The maximum absolute atomic E-state index is 2.72. The third-order valence-corrected chi connectivity index (χ3v) is 10.2. The van der Waals surface area contributed by atoms with E-state index in [9.17, 15) is 0 Å². The van der Waals surface area contributed by atoms with E-state index in [1.165, 1.54) is 32.1 Å². The molecule has 7 unspecified atom stereocenters. The van der Waals surface area contributed by atoms with E-state index in [4.69, 9.17) is 0 Å². The quantitative estimate of drug-likeness (QED) is 0.502. The molecule has 4 rings (SSSR count). The summed E-state index contributed by atoms with van der Waals surface area (Å²) in [7, 11) is 0. The van der Waals surface area contributed by atoms with Crippen LogP contribution in [0, 0.1) is 39.4 Å². The first-order valence-corrected chi connectivity index (χ1v) is 11.0. The fourth-order valence-electron chi connectivity index (χ4n) is 9.70. The van der Waals surface area contributed by atoms with Gasteiger partial charge in [0.05, 0.1) is 0 Å². The van der Waals surface area contributed by atoms with Crippen molar-refractivity contribution in [2.75, 3.05) is 0 Å². The van der Waals surface area contributed by atoms with Gasteiger partial charge in [0.15, 0.2) is 0 Å². The van der Waals surface area contributed by atoms with Crippen molar-refractivity contribution in [3.05, 3.63) is 0 Å². The lowest BCUT2D eigenvalue weighted by Gasteiger charge is -2.45. The van der Waals surface area contributed by atoms with Gasteiger partial charge in [-0.15, -0.1) is 0 Å². The molecule has 0 aromatic heterocycles. The molecule has 23 heavy (non-hydrogen) atoms. The van der Waals surface area contributed by atoms with Gasteiger partial charge in [0, 0.05) is 0 Å². The Hall–Kier alpha value is 0. The lowest BCUT2D eigenvalue weighted by Crippen LogP contribution is -2.38. The molecule has 0 aromatic rings. The summed E-state index contributed by atoms with van der Waals surface area (Å²) >= 11 is 0. The van der Waals surface area contributed by atoms with Gasteiger partial charge < -0.3 is 0 Å². The predicted molar refractivity (Wildman–Crippen MR) is 99.4 cm³/mol. The molecule has 0 aromatic carbocycles. The maximum atomic E-state index is 2.72. The van der Waals surface area contributed by atoms with Crippen LogP contribution in [0.5, 0.6) is 0 Å². The Morgan fingerprint density at radius 3 is 2.17 bits per heavy atom. The molecule has 132 valence electrons. The Bertz CT molecular complexity index is 480. The molecule has 0 heterocycles. The maximum Gasteiger partial charge on any atom is -0.0148 e. The summed E-state index contributed by atoms with van der Waals surface area (Å²) in [6.45, 7) is 12.8. The summed E-state index contributed by atoms with van der Waals surface area (Å²) in [4.78, 5) is 0. The Kier molecular flexibility index (Phi) is 3.59. The lowest BCUT2D eigenvalue weighted by atomic mass is 9.59. The second-order valence-corrected chi connectivity index (χ2v) is 10.4. The molecule has 4 fully saturated rings. The summed E-state index contributed by atoms with van der Waals surface area (Å²) in [6.07, 6.45) is 16.6. The highest BCUT2D eigenvalue weighted by Gasteiger charge is 2.87. The molecule has 4 aliphatic carbocycles. The SMILES string of the molecule is CCCC1(C)CCC23C4CCC(CC)C4(C)CCC2C13CCC. The zero-order chi connectivity index (χ0) is 16.5. The molecule has 4 aliphatic rings. The molecular formula is C23H40. The first-order chi connectivity index (χ1) is 11.0. The fourth-order valence-corrected chi connectivity index (χ4v) is 9.70. The summed E-state index contributed by atoms with van der Waals surface area (Å²) in [6, 6.07) is 0. The van der Waals surface area contributed by atoms with E-state index in [-0.39, 0.29) is 0 Å². The second kappa shape index (κ2) is 5.01. The Morgan fingerprint density at radius 2 is 1.52 bits per heavy atom. The Labute approximate surface area is 145 Å². The van der Waals surface area contributed by atoms with Crippen molar-refractivity contribution in [2.24, 2.45) is 39.4 Å².